The van der Waals surface area contributed by atoms with Gasteiger partial charge in [-0.05, 0) is 43.0 Å². The Labute approximate surface area is 137 Å². The predicted molar refractivity (Wildman–Crippen MR) is 81.3 cm³/mol. The third kappa shape index (κ3) is 2.69. The molecule has 0 spiro atoms. The Morgan fingerprint density at radius 2 is 2.04 bits per heavy atom. The number of benzene rings is 1. The van der Waals surface area contributed by atoms with Crippen LogP contribution in [0.5, 0.6) is 0 Å². The first-order valence-corrected chi connectivity index (χ1v) is 8.02. The fraction of sp³-hybridized carbons (Fsp3) is 0.412. The zero-order chi connectivity index (χ0) is 16.8. The number of hydrogen-bond donors (Lipinski definition) is 2. The second kappa shape index (κ2) is 5.66. The van der Waals surface area contributed by atoms with E-state index in [4.69, 9.17) is 0 Å². The zero-order valence-corrected chi connectivity index (χ0v) is 12.9. The summed E-state index contributed by atoms with van der Waals surface area (Å²) < 4.78 is 26.7. The lowest BCUT2D eigenvalue weighted by molar-refractivity contribution is 0.0709. The van der Waals surface area contributed by atoms with Crippen LogP contribution in [-0.2, 0) is 0 Å². The summed E-state index contributed by atoms with van der Waals surface area (Å²) in [6, 6.07) is 4.81. The van der Waals surface area contributed by atoms with Crippen molar-refractivity contribution >= 4 is 5.91 Å². The highest BCUT2D eigenvalue weighted by Crippen LogP contribution is 2.39. The standard InChI is InChI=1S/C17H17F2N3O2/c18-12-4-3-10(5-13(12)19)16-6-11(23)8-22(16)17(24)15-7-14(20-21-15)9-1-2-9/h3-5,7,9,11,16,23H,1-2,6,8H2,(H,20,21). The van der Waals surface area contributed by atoms with Crippen LogP contribution in [0, 0.1) is 11.6 Å². The van der Waals surface area contributed by atoms with Crippen molar-refractivity contribution in [3.63, 3.8) is 0 Å². The second-order valence-electron chi connectivity index (χ2n) is 6.52. The summed E-state index contributed by atoms with van der Waals surface area (Å²) in [5.74, 6) is -1.76. The largest absolute Gasteiger partial charge is 0.391 e. The summed E-state index contributed by atoms with van der Waals surface area (Å²) in [7, 11) is 0. The smallest absolute Gasteiger partial charge is 0.274 e. The van der Waals surface area contributed by atoms with Crippen molar-refractivity contribution in [3.05, 3.63) is 52.9 Å². The van der Waals surface area contributed by atoms with E-state index in [1.807, 2.05) is 0 Å². The normalized spacial score (nSPS) is 23.7. The summed E-state index contributed by atoms with van der Waals surface area (Å²) in [6.07, 6.45) is 1.77. The van der Waals surface area contributed by atoms with Crippen LogP contribution in [0.4, 0.5) is 8.78 Å². The molecule has 1 aliphatic heterocycles. The number of rotatable bonds is 3. The Morgan fingerprint density at radius 1 is 1.25 bits per heavy atom. The van der Waals surface area contributed by atoms with E-state index in [-0.39, 0.29) is 18.9 Å². The first-order valence-electron chi connectivity index (χ1n) is 8.02. The van der Waals surface area contributed by atoms with E-state index in [1.54, 1.807) is 6.07 Å². The van der Waals surface area contributed by atoms with Crippen LogP contribution in [0.15, 0.2) is 24.3 Å². The molecule has 0 bridgehead atoms. The molecule has 2 unspecified atom stereocenters. The quantitative estimate of drug-likeness (QED) is 0.907. The van der Waals surface area contributed by atoms with Gasteiger partial charge in [-0.15, -0.1) is 0 Å². The highest BCUT2D eigenvalue weighted by molar-refractivity contribution is 5.93. The number of amides is 1. The average Bonchev–Trinajstić information content (AvgIpc) is 3.16. The third-order valence-corrected chi connectivity index (χ3v) is 4.70. The van der Waals surface area contributed by atoms with Gasteiger partial charge in [-0.3, -0.25) is 9.89 Å². The van der Waals surface area contributed by atoms with Crippen molar-refractivity contribution < 1.29 is 18.7 Å². The summed E-state index contributed by atoms with van der Waals surface area (Å²) in [4.78, 5) is 14.2. The Morgan fingerprint density at radius 3 is 2.75 bits per heavy atom. The van der Waals surface area contributed by atoms with Gasteiger partial charge in [-0.2, -0.15) is 5.10 Å². The number of H-pyrrole nitrogens is 1. The molecule has 2 fully saturated rings. The average molecular weight is 333 g/mol. The van der Waals surface area contributed by atoms with Gasteiger partial charge in [0.2, 0.25) is 0 Å². The van der Waals surface area contributed by atoms with Crippen molar-refractivity contribution in [1.82, 2.24) is 15.1 Å². The molecule has 5 nitrogen and oxygen atoms in total. The maximum atomic E-state index is 13.5. The molecule has 1 aromatic heterocycles. The molecule has 4 rings (SSSR count). The number of nitrogens with one attached hydrogen (secondary N) is 1. The van der Waals surface area contributed by atoms with Gasteiger partial charge >= 0.3 is 0 Å². The van der Waals surface area contributed by atoms with Crippen molar-refractivity contribution in [2.45, 2.75) is 37.3 Å². The van der Waals surface area contributed by atoms with Crippen LogP contribution in [-0.4, -0.2) is 38.8 Å². The van der Waals surface area contributed by atoms with Gasteiger partial charge in [0, 0.05) is 18.2 Å². The maximum Gasteiger partial charge on any atom is 0.274 e. The molecule has 0 radical (unpaired) electrons. The Hall–Kier alpha value is -2.28. The SMILES string of the molecule is O=C(c1cc(C2CC2)[nH]n1)N1CC(O)CC1c1ccc(F)c(F)c1. The number of aliphatic hydroxyl groups excluding tert-OH is 1. The summed E-state index contributed by atoms with van der Waals surface area (Å²) in [5, 5.41) is 16.9. The van der Waals surface area contributed by atoms with E-state index in [0.717, 1.165) is 30.7 Å². The molecule has 2 atom stereocenters. The van der Waals surface area contributed by atoms with Gasteiger partial charge in [0.15, 0.2) is 11.6 Å². The van der Waals surface area contributed by atoms with Crippen molar-refractivity contribution in [3.8, 4) is 0 Å². The number of aliphatic hydroxyl groups is 1. The van der Waals surface area contributed by atoms with Gasteiger partial charge in [0.1, 0.15) is 5.69 Å². The Balaban J connectivity index is 1.61. The van der Waals surface area contributed by atoms with Crippen LogP contribution in [0.1, 0.15) is 53.0 Å². The lowest BCUT2D eigenvalue weighted by atomic mass is 10.0. The predicted octanol–water partition coefficient (Wildman–Crippen LogP) is 2.51. The van der Waals surface area contributed by atoms with E-state index >= 15 is 0 Å². The van der Waals surface area contributed by atoms with Crippen LogP contribution in [0.2, 0.25) is 0 Å². The summed E-state index contributed by atoms with van der Waals surface area (Å²) in [6.45, 7) is 0.147. The molecule has 2 aromatic rings. The van der Waals surface area contributed by atoms with E-state index in [9.17, 15) is 18.7 Å². The van der Waals surface area contributed by atoms with Crippen LogP contribution in [0.25, 0.3) is 0 Å². The number of likely N-dealkylation sites (tertiary alicyclic amines) is 1. The van der Waals surface area contributed by atoms with E-state index in [2.05, 4.69) is 10.2 Å². The minimum absolute atomic E-state index is 0.147. The van der Waals surface area contributed by atoms with Crippen LogP contribution in [0.3, 0.4) is 0 Å². The number of hydrogen-bond acceptors (Lipinski definition) is 3. The molecule has 1 aliphatic carbocycles. The monoisotopic (exact) mass is 333 g/mol. The van der Waals surface area contributed by atoms with Crippen LogP contribution >= 0.6 is 0 Å². The fourth-order valence-corrected chi connectivity index (χ4v) is 3.27. The highest BCUT2D eigenvalue weighted by atomic mass is 19.2. The van der Waals surface area contributed by atoms with Gasteiger partial charge < -0.3 is 10.0 Å². The molecule has 1 aromatic carbocycles. The fourth-order valence-electron chi connectivity index (χ4n) is 3.27. The van der Waals surface area contributed by atoms with Crippen molar-refractivity contribution in [2.75, 3.05) is 6.54 Å². The van der Waals surface area contributed by atoms with Gasteiger partial charge in [-0.25, -0.2) is 8.78 Å². The topological polar surface area (TPSA) is 69.2 Å². The van der Waals surface area contributed by atoms with Crippen molar-refractivity contribution in [2.24, 2.45) is 0 Å². The van der Waals surface area contributed by atoms with Gasteiger partial charge in [0.25, 0.3) is 5.91 Å². The van der Waals surface area contributed by atoms with E-state index in [1.165, 1.54) is 11.0 Å². The lowest BCUT2D eigenvalue weighted by Gasteiger charge is -2.24. The first-order chi connectivity index (χ1) is 11.5. The summed E-state index contributed by atoms with van der Waals surface area (Å²) >= 11 is 0. The zero-order valence-electron chi connectivity index (χ0n) is 12.9. The molecule has 24 heavy (non-hydrogen) atoms. The number of aromatic nitrogens is 2. The molecule has 1 saturated carbocycles. The molecule has 1 saturated heterocycles. The lowest BCUT2D eigenvalue weighted by Crippen LogP contribution is -2.32. The third-order valence-electron chi connectivity index (χ3n) is 4.70. The van der Waals surface area contributed by atoms with E-state index in [0.29, 0.717) is 17.2 Å². The first kappa shape index (κ1) is 15.3. The number of carbonyl (C=O) groups is 1. The maximum absolute atomic E-state index is 13.5. The van der Waals surface area contributed by atoms with Gasteiger partial charge in [-0.1, -0.05) is 6.07 Å². The molecule has 126 valence electrons. The Kier molecular flexibility index (Phi) is 3.60. The van der Waals surface area contributed by atoms with E-state index < -0.39 is 23.8 Å². The minimum Gasteiger partial charge on any atom is -0.391 e. The Bertz CT molecular complexity index is 788. The van der Waals surface area contributed by atoms with Crippen LogP contribution < -0.4 is 0 Å². The second-order valence-corrected chi connectivity index (χ2v) is 6.52. The molecular weight excluding hydrogens is 316 g/mol. The highest BCUT2D eigenvalue weighted by Gasteiger charge is 2.37. The van der Waals surface area contributed by atoms with Gasteiger partial charge in [0.05, 0.1) is 12.1 Å². The number of β-amino-alcohol motifs (C(OH)–C–C–N with tert-alkyl or cyclic N) is 1. The summed E-state index contributed by atoms with van der Waals surface area (Å²) in [5.41, 5.74) is 1.71. The number of carbonyl (C=O) groups excluding carboxylic acids is 1. The molecule has 2 aliphatic rings. The number of aromatic amines is 1. The molecule has 2 heterocycles. The molecule has 1 amide bonds. The minimum atomic E-state index is -0.961. The number of halogens is 2. The number of nitrogens with zero attached hydrogens (tertiary/aromatic N) is 2. The molecule has 7 heteroatoms. The van der Waals surface area contributed by atoms with Crippen molar-refractivity contribution in [1.29, 1.82) is 0 Å². The molecular formula is C17H17F2N3O2. The molecule has 2 N–H and O–H groups in total.